The van der Waals surface area contributed by atoms with Crippen molar-refractivity contribution in [3.05, 3.63) is 59.9 Å². The third-order valence-electron chi connectivity index (χ3n) is 5.66. The number of allylic oxidation sites excluding steroid dienone is 6. The monoisotopic (exact) mass is 434 g/mol. The van der Waals surface area contributed by atoms with Crippen LogP contribution in [-0.2, 0) is 11.3 Å². The van der Waals surface area contributed by atoms with Crippen molar-refractivity contribution in [1.29, 1.82) is 0 Å². The zero-order valence-corrected chi connectivity index (χ0v) is 17.9. The lowest BCUT2D eigenvalue weighted by Gasteiger charge is -2.33. The van der Waals surface area contributed by atoms with E-state index in [1.807, 2.05) is 6.92 Å². The van der Waals surface area contributed by atoms with Gasteiger partial charge in [-0.15, -0.1) is 0 Å². The first-order valence-corrected chi connectivity index (χ1v) is 10.3. The number of rotatable bonds is 7. The van der Waals surface area contributed by atoms with Crippen LogP contribution in [0.15, 0.2) is 59.9 Å². The minimum atomic E-state index is -1.10. The Bertz CT molecular complexity index is 1160. The smallest absolute Gasteiger partial charge is 0.322 e. The largest absolute Gasteiger partial charge is 0.480 e. The van der Waals surface area contributed by atoms with Gasteiger partial charge in [-0.3, -0.25) is 9.48 Å². The molecule has 0 bridgehead atoms. The molecule has 0 radical (unpaired) electrons. The van der Waals surface area contributed by atoms with E-state index in [-0.39, 0.29) is 23.9 Å². The molecule has 0 saturated heterocycles. The first-order valence-electron chi connectivity index (χ1n) is 10.3. The number of carboxylic acids is 1. The zero-order chi connectivity index (χ0) is 22.9. The summed E-state index contributed by atoms with van der Waals surface area (Å²) in [7, 11) is 0. The molecule has 2 aliphatic rings. The Morgan fingerprint density at radius 1 is 1.34 bits per heavy atom. The molecule has 0 fully saturated rings. The molecule has 2 heterocycles. The van der Waals surface area contributed by atoms with Crippen molar-refractivity contribution in [1.82, 2.24) is 24.7 Å². The maximum atomic E-state index is 11.0. The topological polar surface area (TPSA) is 158 Å². The molecule has 6 N–H and O–H groups in total. The van der Waals surface area contributed by atoms with Gasteiger partial charge in [-0.2, -0.15) is 20.1 Å². The molecule has 4 rings (SSSR count). The van der Waals surface area contributed by atoms with Gasteiger partial charge in [0.25, 0.3) is 0 Å². The molecule has 10 nitrogen and oxygen atoms in total. The van der Waals surface area contributed by atoms with Crippen LogP contribution < -0.4 is 16.8 Å². The molecule has 0 spiro atoms. The van der Waals surface area contributed by atoms with Gasteiger partial charge in [0.1, 0.15) is 11.7 Å². The number of aromatic nitrogens is 5. The molecule has 0 amide bonds. The van der Waals surface area contributed by atoms with E-state index >= 15 is 0 Å². The molecule has 2 aromatic heterocycles. The van der Waals surface area contributed by atoms with E-state index in [1.165, 1.54) is 10.3 Å². The number of hydrogen-bond donors (Lipinski definition) is 4. The van der Waals surface area contributed by atoms with Crippen molar-refractivity contribution in [2.24, 2.45) is 11.1 Å². The number of aliphatic carboxylic acids is 1. The Kier molecular flexibility index (Phi) is 5.62. The Morgan fingerprint density at radius 3 is 2.94 bits per heavy atom. The van der Waals surface area contributed by atoms with Gasteiger partial charge in [0.2, 0.25) is 11.9 Å². The van der Waals surface area contributed by atoms with Crippen molar-refractivity contribution in [2.45, 2.75) is 38.9 Å². The summed E-state index contributed by atoms with van der Waals surface area (Å²) in [6.07, 6.45) is 15.5. The second-order valence-electron chi connectivity index (χ2n) is 8.22. The molecule has 0 aliphatic heterocycles. The van der Waals surface area contributed by atoms with Crippen LogP contribution in [0.2, 0.25) is 0 Å². The molecular weight excluding hydrogens is 408 g/mol. The summed E-state index contributed by atoms with van der Waals surface area (Å²) in [5.41, 5.74) is 14.4. The van der Waals surface area contributed by atoms with Crippen molar-refractivity contribution in [2.75, 3.05) is 11.1 Å². The summed E-state index contributed by atoms with van der Waals surface area (Å²) >= 11 is 0. The lowest BCUT2D eigenvalue weighted by atomic mass is 9.72. The fourth-order valence-electron chi connectivity index (χ4n) is 3.69. The van der Waals surface area contributed by atoms with E-state index in [2.05, 4.69) is 68.7 Å². The van der Waals surface area contributed by atoms with Gasteiger partial charge >= 0.3 is 5.97 Å². The van der Waals surface area contributed by atoms with Gasteiger partial charge in [0.05, 0.1) is 12.6 Å². The number of nitrogens with two attached hydrogens (primary N) is 2. The predicted molar refractivity (Wildman–Crippen MR) is 121 cm³/mol. The number of anilines is 2. The quantitative estimate of drug-likeness (QED) is 0.511. The Morgan fingerprint density at radius 2 is 2.16 bits per heavy atom. The Labute approximate surface area is 185 Å². The third-order valence-corrected chi connectivity index (χ3v) is 5.66. The highest BCUT2D eigenvalue weighted by molar-refractivity contribution is 5.72. The molecule has 0 saturated carbocycles. The minimum Gasteiger partial charge on any atom is -0.480 e. The summed E-state index contributed by atoms with van der Waals surface area (Å²) in [6, 6.07) is 0.569. The maximum absolute atomic E-state index is 11.0. The summed E-state index contributed by atoms with van der Waals surface area (Å²) < 4.78 is 1.44. The molecule has 2 aliphatic carbocycles. The predicted octanol–water partition coefficient (Wildman–Crippen LogP) is 1.92. The van der Waals surface area contributed by atoms with Crippen LogP contribution in [0.4, 0.5) is 11.9 Å². The maximum Gasteiger partial charge on any atom is 0.322 e. The first kappa shape index (κ1) is 21.4. The number of carbonyl (C=O) groups is 1. The second kappa shape index (κ2) is 8.39. The van der Waals surface area contributed by atoms with Crippen LogP contribution in [0.25, 0.3) is 11.5 Å². The van der Waals surface area contributed by atoms with Gasteiger partial charge in [0.15, 0.2) is 5.82 Å². The molecule has 32 heavy (non-hydrogen) atoms. The number of nitrogen functional groups attached to an aromatic ring is 1. The van der Waals surface area contributed by atoms with Gasteiger partial charge < -0.3 is 21.9 Å². The number of fused-ring (bicyclic) bond motifs is 1. The molecule has 0 aromatic carbocycles. The van der Waals surface area contributed by atoms with Crippen LogP contribution in [-0.4, -0.2) is 47.9 Å². The van der Waals surface area contributed by atoms with E-state index in [4.69, 9.17) is 16.6 Å². The zero-order valence-electron chi connectivity index (χ0n) is 17.9. The highest BCUT2D eigenvalue weighted by Gasteiger charge is 2.29. The van der Waals surface area contributed by atoms with E-state index in [0.717, 1.165) is 12.0 Å². The summed E-state index contributed by atoms with van der Waals surface area (Å²) in [6.45, 7) is 4.30. The van der Waals surface area contributed by atoms with Crippen molar-refractivity contribution in [3.63, 3.8) is 0 Å². The fourth-order valence-corrected chi connectivity index (χ4v) is 3.69. The molecule has 166 valence electrons. The number of nitrogens with zero attached hydrogens (tertiary/aromatic N) is 5. The number of nitrogens with one attached hydrogen (secondary N) is 1. The van der Waals surface area contributed by atoms with Crippen LogP contribution in [0.3, 0.4) is 0 Å². The van der Waals surface area contributed by atoms with Gasteiger partial charge in [0, 0.05) is 11.6 Å². The average molecular weight is 435 g/mol. The van der Waals surface area contributed by atoms with E-state index in [9.17, 15) is 4.79 Å². The Hall–Kier alpha value is -3.79. The SMILES string of the molecule is C[C@@H](Nc1nc(N)nc(-c2ccn(CC(N)C(=O)O)n2)n1)C1=CCC2(C)C=CC=CC2=C1. The van der Waals surface area contributed by atoms with Crippen molar-refractivity contribution < 1.29 is 9.90 Å². The van der Waals surface area contributed by atoms with Crippen molar-refractivity contribution >= 4 is 17.9 Å². The minimum absolute atomic E-state index is 0.0312. The average Bonchev–Trinajstić information content (AvgIpc) is 3.21. The van der Waals surface area contributed by atoms with Crippen LogP contribution in [0.1, 0.15) is 20.3 Å². The first-order chi connectivity index (χ1) is 15.2. The number of carboxylic acid groups (broad SMARTS) is 1. The molecule has 3 atom stereocenters. The van der Waals surface area contributed by atoms with Gasteiger partial charge in [-0.1, -0.05) is 43.4 Å². The number of hydrogen-bond acceptors (Lipinski definition) is 8. The van der Waals surface area contributed by atoms with E-state index in [0.29, 0.717) is 17.5 Å². The lowest BCUT2D eigenvalue weighted by Crippen LogP contribution is -2.34. The van der Waals surface area contributed by atoms with E-state index in [1.54, 1.807) is 12.3 Å². The molecule has 2 unspecified atom stereocenters. The molecule has 2 aromatic rings. The second-order valence-corrected chi connectivity index (χ2v) is 8.22. The fraction of sp³-hybridized carbons (Fsp3) is 0.318. The van der Waals surface area contributed by atoms with Crippen LogP contribution in [0.5, 0.6) is 0 Å². The summed E-state index contributed by atoms with van der Waals surface area (Å²) in [5.74, 6) is -0.411. The van der Waals surface area contributed by atoms with Crippen LogP contribution in [0, 0.1) is 5.41 Å². The molecule has 10 heteroatoms. The van der Waals surface area contributed by atoms with E-state index < -0.39 is 12.0 Å². The Balaban J connectivity index is 1.51. The molecular formula is C22H26N8O2. The summed E-state index contributed by atoms with van der Waals surface area (Å²) in [4.78, 5) is 23.8. The van der Waals surface area contributed by atoms with Crippen molar-refractivity contribution in [3.8, 4) is 11.5 Å². The van der Waals surface area contributed by atoms with Crippen LogP contribution >= 0.6 is 0 Å². The lowest BCUT2D eigenvalue weighted by molar-refractivity contribution is -0.138. The normalized spacial score (nSPS) is 21.3. The highest BCUT2D eigenvalue weighted by Crippen LogP contribution is 2.41. The summed E-state index contributed by atoms with van der Waals surface area (Å²) in [5, 5.41) is 16.6. The third kappa shape index (κ3) is 4.45. The van der Waals surface area contributed by atoms with Gasteiger partial charge in [-0.05, 0) is 30.6 Å². The highest BCUT2D eigenvalue weighted by atomic mass is 16.4. The van der Waals surface area contributed by atoms with Gasteiger partial charge in [-0.25, -0.2) is 0 Å². The standard InChI is InChI=1S/C22H26N8O2/c1-13(14-6-9-22(2)8-4-3-5-15(22)11-14)25-21-27-18(26-20(24)28-21)17-7-10-30(29-17)12-16(23)19(31)32/h3-8,10-11,13,16H,9,12,23H2,1-2H3,(H,31,32)(H3,24,25,26,27,28)/t13-,16?,22?/m1/s1.